The van der Waals surface area contributed by atoms with Gasteiger partial charge in [-0.1, -0.05) is 20.8 Å². The highest BCUT2D eigenvalue weighted by Crippen LogP contribution is 2.31. The van der Waals surface area contributed by atoms with Crippen molar-refractivity contribution in [3.05, 3.63) is 0 Å². The van der Waals surface area contributed by atoms with Gasteiger partial charge in [-0.3, -0.25) is 0 Å². The molecular weight excluding hydrogens is 158 g/mol. The molecule has 0 aliphatic carbocycles. The Morgan fingerprint density at radius 2 is 2.17 bits per heavy atom. The van der Waals surface area contributed by atoms with Crippen LogP contribution in [0.5, 0.6) is 0 Å². The lowest BCUT2D eigenvalue weighted by Gasteiger charge is -2.28. The van der Waals surface area contributed by atoms with E-state index in [2.05, 4.69) is 0 Å². The number of hydrogen-bond donors (Lipinski definition) is 1. The number of primary amides is 1. The molecule has 1 fully saturated rings. The maximum absolute atomic E-state index is 10.5. The van der Waals surface area contributed by atoms with Gasteiger partial charge in [0.15, 0.2) is 0 Å². The molecule has 0 aromatic rings. The summed E-state index contributed by atoms with van der Waals surface area (Å²) in [7, 11) is 0. The summed E-state index contributed by atoms with van der Waals surface area (Å²) in [5.41, 5.74) is 4.82. The number of hydrogen-bond acceptors (Lipinski definition) is 3. The van der Waals surface area contributed by atoms with Gasteiger partial charge in [-0.25, -0.2) is 4.79 Å². The van der Waals surface area contributed by atoms with Crippen molar-refractivity contribution >= 4 is 6.09 Å². The van der Waals surface area contributed by atoms with Crippen LogP contribution in [-0.2, 0) is 9.47 Å². The van der Waals surface area contributed by atoms with Gasteiger partial charge in [0, 0.05) is 5.41 Å². The summed E-state index contributed by atoms with van der Waals surface area (Å²) >= 11 is 0. The average molecular weight is 173 g/mol. The van der Waals surface area contributed by atoms with Crippen molar-refractivity contribution in [3.8, 4) is 0 Å². The minimum atomic E-state index is -0.731. The van der Waals surface area contributed by atoms with Crippen molar-refractivity contribution < 1.29 is 14.3 Å². The van der Waals surface area contributed by atoms with Crippen LogP contribution in [0.3, 0.4) is 0 Å². The summed E-state index contributed by atoms with van der Waals surface area (Å²) in [6.07, 6.45) is -0.919. The molecule has 70 valence electrons. The molecule has 1 amide bonds. The van der Waals surface area contributed by atoms with Crippen LogP contribution in [-0.4, -0.2) is 24.9 Å². The summed E-state index contributed by atoms with van der Waals surface area (Å²) in [6.45, 7) is 6.63. The number of nitrogens with two attached hydrogens (primary N) is 1. The smallest absolute Gasteiger partial charge is 0.404 e. The molecule has 0 radical (unpaired) electrons. The minimum absolute atomic E-state index is 0.0394. The van der Waals surface area contributed by atoms with Gasteiger partial charge in [0.05, 0.1) is 6.61 Å². The Bertz CT molecular complexity index is 181. The van der Waals surface area contributed by atoms with Gasteiger partial charge in [-0.2, -0.15) is 0 Å². The fraction of sp³-hybridized carbons (Fsp3) is 0.875. The van der Waals surface area contributed by atoms with E-state index in [0.717, 1.165) is 0 Å². The van der Waals surface area contributed by atoms with E-state index >= 15 is 0 Å². The first-order valence-electron chi connectivity index (χ1n) is 3.99. The lowest BCUT2D eigenvalue weighted by atomic mass is 9.87. The molecule has 0 spiro atoms. The Balaban J connectivity index is 2.54. The van der Waals surface area contributed by atoms with Crippen molar-refractivity contribution in [1.29, 1.82) is 0 Å². The normalized spacial score (nSPS) is 24.8. The van der Waals surface area contributed by atoms with E-state index in [1.807, 2.05) is 20.8 Å². The van der Waals surface area contributed by atoms with Crippen LogP contribution in [0.4, 0.5) is 4.79 Å². The van der Waals surface area contributed by atoms with Crippen molar-refractivity contribution in [3.63, 3.8) is 0 Å². The van der Waals surface area contributed by atoms with Crippen LogP contribution in [0.25, 0.3) is 0 Å². The van der Waals surface area contributed by atoms with E-state index in [0.29, 0.717) is 6.61 Å². The Hall–Kier alpha value is -0.770. The van der Waals surface area contributed by atoms with E-state index in [9.17, 15) is 4.79 Å². The minimum Gasteiger partial charge on any atom is -0.443 e. The Labute approximate surface area is 72.0 Å². The third-order valence-corrected chi connectivity index (χ3v) is 1.79. The molecule has 12 heavy (non-hydrogen) atoms. The predicted octanol–water partition coefficient (Wildman–Crippen LogP) is 0.895. The third kappa shape index (κ3) is 2.37. The molecule has 0 aromatic carbocycles. The molecule has 1 aliphatic rings. The maximum atomic E-state index is 10.5. The van der Waals surface area contributed by atoms with Gasteiger partial charge >= 0.3 is 6.09 Å². The molecule has 4 nitrogen and oxygen atoms in total. The molecular formula is C8H15NO3. The van der Waals surface area contributed by atoms with Gasteiger partial charge in [0.2, 0.25) is 0 Å². The van der Waals surface area contributed by atoms with Crippen LogP contribution in [0.2, 0.25) is 0 Å². The zero-order valence-corrected chi connectivity index (χ0v) is 7.66. The Morgan fingerprint density at radius 1 is 1.67 bits per heavy atom. The molecule has 1 aliphatic heterocycles. The quantitative estimate of drug-likeness (QED) is 0.631. The fourth-order valence-electron chi connectivity index (χ4n) is 1.17. The molecule has 1 rings (SSSR count). The Morgan fingerprint density at radius 3 is 2.42 bits per heavy atom. The first-order chi connectivity index (χ1) is 5.41. The molecule has 1 heterocycles. The predicted molar refractivity (Wildman–Crippen MR) is 43.7 cm³/mol. The number of amides is 1. The molecule has 0 aromatic heterocycles. The van der Waals surface area contributed by atoms with E-state index in [1.54, 1.807) is 0 Å². The number of epoxide rings is 1. The van der Waals surface area contributed by atoms with Crippen molar-refractivity contribution in [1.82, 2.24) is 0 Å². The number of carbonyl (C=O) groups excluding carboxylic acids is 1. The summed E-state index contributed by atoms with van der Waals surface area (Å²) in [6, 6.07) is 0. The molecule has 2 N–H and O–H groups in total. The summed E-state index contributed by atoms with van der Waals surface area (Å²) < 4.78 is 10.0. The molecule has 0 bridgehead atoms. The molecule has 1 saturated heterocycles. The second kappa shape index (κ2) is 2.94. The molecule has 2 unspecified atom stereocenters. The van der Waals surface area contributed by atoms with Gasteiger partial charge in [-0.15, -0.1) is 0 Å². The first-order valence-corrected chi connectivity index (χ1v) is 3.99. The SMILES string of the molecule is CC(C)(C)C(OC(N)=O)C1CO1. The lowest BCUT2D eigenvalue weighted by Crippen LogP contribution is -2.37. The third-order valence-electron chi connectivity index (χ3n) is 1.79. The second-order valence-corrected chi connectivity index (χ2v) is 4.10. The van der Waals surface area contributed by atoms with Crippen LogP contribution in [0, 0.1) is 5.41 Å². The van der Waals surface area contributed by atoms with E-state index in [-0.39, 0.29) is 17.6 Å². The number of ether oxygens (including phenoxy) is 2. The van der Waals surface area contributed by atoms with Gasteiger partial charge < -0.3 is 15.2 Å². The van der Waals surface area contributed by atoms with E-state index in [1.165, 1.54) is 0 Å². The van der Waals surface area contributed by atoms with Crippen LogP contribution in [0.15, 0.2) is 0 Å². The van der Waals surface area contributed by atoms with Crippen molar-refractivity contribution in [2.24, 2.45) is 11.1 Å². The summed E-state index contributed by atoms with van der Waals surface area (Å²) in [5, 5.41) is 0. The highest BCUT2D eigenvalue weighted by Gasteiger charge is 2.42. The van der Waals surface area contributed by atoms with Crippen molar-refractivity contribution in [2.75, 3.05) is 6.61 Å². The first kappa shape index (κ1) is 9.32. The molecule has 4 heteroatoms. The van der Waals surface area contributed by atoms with E-state index < -0.39 is 6.09 Å². The highest BCUT2D eigenvalue weighted by molar-refractivity contribution is 5.65. The van der Waals surface area contributed by atoms with E-state index in [4.69, 9.17) is 15.2 Å². The summed E-state index contributed by atoms with van der Waals surface area (Å²) in [4.78, 5) is 10.5. The summed E-state index contributed by atoms with van der Waals surface area (Å²) in [5.74, 6) is 0. The zero-order valence-electron chi connectivity index (χ0n) is 7.66. The monoisotopic (exact) mass is 173 g/mol. The van der Waals surface area contributed by atoms with Crippen LogP contribution in [0.1, 0.15) is 20.8 Å². The number of rotatable bonds is 2. The second-order valence-electron chi connectivity index (χ2n) is 4.10. The Kier molecular flexibility index (Phi) is 2.28. The highest BCUT2D eigenvalue weighted by atomic mass is 16.6. The largest absolute Gasteiger partial charge is 0.443 e. The standard InChI is InChI=1S/C8H15NO3/c1-8(2,3)6(5-4-11-5)12-7(9)10/h5-6H,4H2,1-3H3,(H2,9,10). The van der Waals surface area contributed by atoms with Gasteiger partial charge in [0.1, 0.15) is 12.2 Å². The van der Waals surface area contributed by atoms with Gasteiger partial charge in [0.25, 0.3) is 0 Å². The van der Waals surface area contributed by atoms with Crippen LogP contribution < -0.4 is 5.73 Å². The number of carbonyl (C=O) groups is 1. The fourth-order valence-corrected chi connectivity index (χ4v) is 1.17. The topological polar surface area (TPSA) is 64.8 Å². The maximum Gasteiger partial charge on any atom is 0.404 e. The lowest BCUT2D eigenvalue weighted by molar-refractivity contribution is 0.0180. The molecule has 2 atom stereocenters. The average Bonchev–Trinajstić information content (AvgIpc) is 2.60. The molecule has 0 saturated carbocycles. The van der Waals surface area contributed by atoms with Crippen molar-refractivity contribution in [2.45, 2.75) is 33.0 Å². The zero-order chi connectivity index (χ0) is 9.35. The van der Waals surface area contributed by atoms with Crippen LogP contribution >= 0.6 is 0 Å². The van der Waals surface area contributed by atoms with Gasteiger partial charge in [-0.05, 0) is 0 Å².